The molecule has 0 aromatic carbocycles. The zero-order chi connectivity index (χ0) is 13.1. The van der Waals surface area contributed by atoms with Crippen LogP contribution in [0.25, 0.3) is 0 Å². The Bertz CT molecular complexity index is 268. The van der Waals surface area contributed by atoms with Gasteiger partial charge in [0.15, 0.2) is 0 Å². The average Bonchev–Trinajstić information content (AvgIpc) is 2.16. The van der Waals surface area contributed by atoms with Gasteiger partial charge in [-0.15, -0.1) is 0 Å². The monoisotopic (exact) mass is 259 g/mol. The van der Waals surface area contributed by atoms with E-state index in [1.165, 1.54) is 0 Å². The molecule has 0 bridgehead atoms. The highest BCUT2D eigenvalue weighted by atomic mass is 19.4. The van der Waals surface area contributed by atoms with Crippen molar-refractivity contribution in [2.45, 2.75) is 30.8 Å². The van der Waals surface area contributed by atoms with Crippen LogP contribution in [0.1, 0.15) is 12.8 Å². The largest absolute Gasteiger partial charge is 0.490 e. The molecule has 17 heavy (non-hydrogen) atoms. The summed E-state index contributed by atoms with van der Waals surface area (Å²) < 4.78 is 49.7. The zero-order valence-corrected chi connectivity index (χ0v) is 8.89. The number of alkyl halides is 4. The van der Waals surface area contributed by atoms with E-state index in [-0.39, 0.29) is 5.60 Å². The summed E-state index contributed by atoms with van der Waals surface area (Å²) >= 11 is 0. The third-order valence-electron chi connectivity index (χ3n) is 2.62. The zero-order valence-electron chi connectivity index (χ0n) is 8.89. The van der Waals surface area contributed by atoms with Gasteiger partial charge in [0.2, 0.25) is 0 Å². The molecule has 0 aliphatic carbocycles. The molecular formula is C9H13F4NO3. The Kier molecular flexibility index (Phi) is 4.31. The van der Waals surface area contributed by atoms with Crippen molar-refractivity contribution in [3.63, 3.8) is 0 Å². The van der Waals surface area contributed by atoms with E-state index in [1.807, 2.05) is 0 Å². The molecule has 1 spiro atoms. The first-order valence-corrected chi connectivity index (χ1v) is 5.04. The van der Waals surface area contributed by atoms with E-state index < -0.39 is 18.3 Å². The van der Waals surface area contributed by atoms with Gasteiger partial charge in [0.05, 0.1) is 12.2 Å². The Hall–Kier alpha value is -0.890. The molecule has 0 aromatic rings. The molecule has 0 saturated carbocycles. The number of nitrogens with one attached hydrogen (secondary N) is 1. The fourth-order valence-electron chi connectivity index (χ4n) is 1.53. The van der Waals surface area contributed by atoms with Gasteiger partial charge >= 0.3 is 12.1 Å². The van der Waals surface area contributed by atoms with Gasteiger partial charge in [0.1, 0.15) is 6.17 Å². The van der Waals surface area contributed by atoms with Crippen molar-refractivity contribution >= 4 is 5.97 Å². The third-order valence-corrected chi connectivity index (χ3v) is 2.62. The molecular weight excluding hydrogens is 246 g/mol. The molecule has 0 radical (unpaired) electrons. The molecule has 8 heteroatoms. The number of rotatable bonds is 0. The summed E-state index contributed by atoms with van der Waals surface area (Å²) in [7, 11) is 0. The summed E-state index contributed by atoms with van der Waals surface area (Å²) in [5, 5.41) is 10.3. The number of halogens is 4. The summed E-state index contributed by atoms with van der Waals surface area (Å²) in [6, 6.07) is 0. The molecule has 0 amide bonds. The molecule has 1 unspecified atom stereocenters. The molecule has 2 fully saturated rings. The molecule has 100 valence electrons. The van der Waals surface area contributed by atoms with E-state index in [9.17, 15) is 17.6 Å². The van der Waals surface area contributed by atoms with Gasteiger partial charge in [-0.2, -0.15) is 13.2 Å². The maximum absolute atomic E-state index is 12.5. The Morgan fingerprint density at radius 3 is 2.18 bits per heavy atom. The van der Waals surface area contributed by atoms with E-state index in [0.717, 1.165) is 19.5 Å². The van der Waals surface area contributed by atoms with E-state index in [4.69, 9.17) is 14.6 Å². The van der Waals surface area contributed by atoms with Gasteiger partial charge in [0, 0.05) is 13.1 Å². The van der Waals surface area contributed by atoms with Gasteiger partial charge in [0.25, 0.3) is 0 Å². The van der Waals surface area contributed by atoms with Crippen LogP contribution in [0.4, 0.5) is 17.6 Å². The molecule has 0 aromatic heterocycles. The van der Waals surface area contributed by atoms with Crippen LogP contribution in [-0.4, -0.2) is 48.7 Å². The molecule has 4 nitrogen and oxygen atoms in total. The number of ether oxygens (including phenoxy) is 1. The highest BCUT2D eigenvalue weighted by Crippen LogP contribution is 2.29. The lowest BCUT2D eigenvalue weighted by atomic mass is 9.88. The second-order valence-corrected chi connectivity index (χ2v) is 4.04. The van der Waals surface area contributed by atoms with Gasteiger partial charge in [-0.05, 0) is 12.8 Å². The van der Waals surface area contributed by atoms with Crippen molar-refractivity contribution in [1.82, 2.24) is 5.32 Å². The third kappa shape index (κ3) is 4.12. The summed E-state index contributed by atoms with van der Waals surface area (Å²) in [6.07, 6.45) is -4.23. The van der Waals surface area contributed by atoms with Gasteiger partial charge in [-0.3, -0.25) is 0 Å². The van der Waals surface area contributed by atoms with Crippen molar-refractivity contribution in [1.29, 1.82) is 0 Å². The SMILES string of the molecule is FC1CCC2(CNC2)OC1.O=C(O)C(F)(F)F. The Labute approximate surface area is 94.9 Å². The highest BCUT2D eigenvalue weighted by molar-refractivity contribution is 5.73. The average molecular weight is 259 g/mol. The predicted octanol–water partition coefficient (Wildman–Crippen LogP) is 1.11. The van der Waals surface area contributed by atoms with Crippen molar-refractivity contribution < 1.29 is 32.2 Å². The Morgan fingerprint density at radius 2 is 1.94 bits per heavy atom. The van der Waals surface area contributed by atoms with Crippen LogP contribution < -0.4 is 5.32 Å². The minimum absolute atomic E-state index is 0.0303. The van der Waals surface area contributed by atoms with Crippen LogP contribution in [0.2, 0.25) is 0 Å². The first-order chi connectivity index (χ1) is 7.75. The van der Waals surface area contributed by atoms with E-state index >= 15 is 0 Å². The van der Waals surface area contributed by atoms with Crippen LogP contribution in [0.5, 0.6) is 0 Å². The van der Waals surface area contributed by atoms with Crippen LogP contribution in [0.3, 0.4) is 0 Å². The fraction of sp³-hybridized carbons (Fsp3) is 0.889. The molecule has 2 rings (SSSR count). The van der Waals surface area contributed by atoms with Gasteiger partial charge in [-0.25, -0.2) is 9.18 Å². The van der Waals surface area contributed by atoms with Crippen LogP contribution >= 0.6 is 0 Å². The van der Waals surface area contributed by atoms with E-state index in [0.29, 0.717) is 13.0 Å². The van der Waals surface area contributed by atoms with Crippen molar-refractivity contribution in [3.05, 3.63) is 0 Å². The van der Waals surface area contributed by atoms with E-state index in [2.05, 4.69) is 5.32 Å². The number of hydrogen-bond donors (Lipinski definition) is 2. The second-order valence-electron chi connectivity index (χ2n) is 4.04. The van der Waals surface area contributed by atoms with Crippen LogP contribution in [0, 0.1) is 0 Å². The summed E-state index contributed by atoms with van der Waals surface area (Å²) in [5.74, 6) is -2.76. The summed E-state index contributed by atoms with van der Waals surface area (Å²) in [6.45, 7) is 2.14. The lowest BCUT2D eigenvalue weighted by molar-refractivity contribution is -0.192. The highest BCUT2D eigenvalue weighted by Gasteiger charge is 2.41. The summed E-state index contributed by atoms with van der Waals surface area (Å²) in [4.78, 5) is 8.90. The van der Waals surface area contributed by atoms with Crippen molar-refractivity contribution in [3.8, 4) is 0 Å². The van der Waals surface area contributed by atoms with Gasteiger partial charge in [-0.1, -0.05) is 0 Å². The quantitative estimate of drug-likeness (QED) is 0.640. The lowest BCUT2D eigenvalue weighted by Gasteiger charge is -2.45. The number of carbonyl (C=O) groups is 1. The molecule has 2 heterocycles. The maximum Gasteiger partial charge on any atom is 0.490 e. The molecule has 1 atom stereocenters. The number of hydrogen-bond acceptors (Lipinski definition) is 3. The molecule has 2 N–H and O–H groups in total. The first-order valence-electron chi connectivity index (χ1n) is 5.04. The van der Waals surface area contributed by atoms with E-state index in [1.54, 1.807) is 0 Å². The summed E-state index contributed by atoms with van der Waals surface area (Å²) in [5.41, 5.74) is 0.0303. The topological polar surface area (TPSA) is 58.6 Å². The number of aliphatic carboxylic acids is 1. The van der Waals surface area contributed by atoms with Crippen molar-refractivity contribution in [2.24, 2.45) is 0 Å². The first kappa shape index (κ1) is 14.2. The van der Waals surface area contributed by atoms with Crippen LogP contribution in [-0.2, 0) is 9.53 Å². The minimum atomic E-state index is -5.08. The Morgan fingerprint density at radius 1 is 1.41 bits per heavy atom. The Balaban J connectivity index is 0.000000185. The van der Waals surface area contributed by atoms with Crippen LogP contribution in [0.15, 0.2) is 0 Å². The normalized spacial score (nSPS) is 26.7. The molecule has 2 saturated heterocycles. The second kappa shape index (κ2) is 5.18. The van der Waals surface area contributed by atoms with Gasteiger partial charge < -0.3 is 15.2 Å². The minimum Gasteiger partial charge on any atom is -0.475 e. The predicted molar refractivity (Wildman–Crippen MR) is 49.4 cm³/mol. The number of carboxylic acid groups (broad SMARTS) is 1. The smallest absolute Gasteiger partial charge is 0.475 e. The van der Waals surface area contributed by atoms with Crippen molar-refractivity contribution in [2.75, 3.05) is 19.7 Å². The number of carboxylic acids is 1. The standard InChI is InChI=1S/C7H12FNO.C2HF3O2/c8-6-1-2-7(10-3-6)4-9-5-7;3-2(4,5)1(6)7/h6,9H,1-5H2;(H,6,7). The fourth-order valence-corrected chi connectivity index (χ4v) is 1.53. The lowest BCUT2D eigenvalue weighted by Crippen LogP contribution is -2.63. The molecule has 2 aliphatic rings. The maximum atomic E-state index is 12.5. The molecule has 2 aliphatic heterocycles.